The number of hydrogen-bond donors (Lipinski definition) is 1. The van der Waals surface area contributed by atoms with E-state index in [1.54, 1.807) is 19.2 Å². The van der Waals surface area contributed by atoms with Crippen LogP contribution in [0.15, 0.2) is 29.3 Å². The summed E-state index contributed by atoms with van der Waals surface area (Å²) in [4.78, 5) is 9.25. The third kappa shape index (κ3) is 5.68. The molecule has 0 saturated carbocycles. The van der Waals surface area contributed by atoms with E-state index in [4.69, 9.17) is 4.74 Å². The highest BCUT2D eigenvalue weighted by atomic mass is 19.1. The van der Waals surface area contributed by atoms with Crippen molar-refractivity contribution in [2.24, 2.45) is 10.9 Å². The minimum absolute atomic E-state index is 0.138. The molecule has 2 unspecified atom stereocenters. The number of methoxy groups -OCH3 is 1. The molecule has 1 aromatic rings. The Morgan fingerprint density at radius 3 is 2.62 bits per heavy atom. The first kappa shape index (κ1) is 20.6. The van der Waals surface area contributed by atoms with Gasteiger partial charge in [0, 0.05) is 40.3 Å². The van der Waals surface area contributed by atoms with E-state index in [2.05, 4.69) is 34.0 Å². The third-order valence-electron chi connectivity index (χ3n) is 5.18. The van der Waals surface area contributed by atoms with Gasteiger partial charge in [0.25, 0.3) is 0 Å². The molecule has 0 aliphatic carbocycles. The summed E-state index contributed by atoms with van der Waals surface area (Å²) in [6.45, 7) is 10.5. The lowest BCUT2D eigenvalue weighted by Crippen LogP contribution is -2.42. The number of aliphatic imine (C=N–C) groups is 1. The Kier molecular flexibility index (Phi) is 8.32. The van der Waals surface area contributed by atoms with Crippen molar-refractivity contribution in [3.63, 3.8) is 0 Å². The van der Waals surface area contributed by atoms with Crippen molar-refractivity contribution in [1.29, 1.82) is 0 Å². The zero-order chi connectivity index (χ0) is 18.9. The normalized spacial score (nSPS) is 19.2. The molecule has 1 aliphatic heterocycles. The molecular formula is C20H33FN4O. The molecule has 1 aromatic carbocycles. The van der Waals surface area contributed by atoms with Crippen LogP contribution in [0.25, 0.3) is 0 Å². The van der Waals surface area contributed by atoms with Gasteiger partial charge in [0.05, 0.1) is 6.10 Å². The molecule has 1 heterocycles. The van der Waals surface area contributed by atoms with Crippen molar-refractivity contribution in [1.82, 2.24) is 15.1 Å². The maximum atomic E-state index is 13.1. The largest absolute Gasteiger partial charge is 0.375 e. The molecule has 26 heavy (non-hydrogen) atoms. The number of rotatable bonds is 8. The number of likely N-dealkylation sites (tertiary alicyclic amines) is 1. The van der Waals surface area contributed by atoms with Gasteiger partial charge in [0.15, 0.2) is 5.96 Å². The third-order valence-corrected chi connectivity index (χ3v) is 5.18. The number of nitrogens with one attached hydrogen (secondary N) is 1. The van der Waals surface area contributed by atoms with Crippen molar-refractivity contribution in [2.45, 2.75) is 26.4 Å². The number of nitrogens with zero attached hydrogens (tertiary/aromatic N) is 3. The molecule has 1 saturated heterocycles. The molecule has 2 rings (SSSR count). The summed E-state index contributed by atoms with van der Waals surface area (Å²) in [7, 11) is 3.49. The van der Waals surface area contributed by atoms with Crippen LogP contribution in [0.3, 0.4) is 0 Å². The van der Waals surface area contributed by atoms with Gasteiger partial charge in [0.1, 0.15) is 5.82 Å². The fourth-order valence-electron chi connectivity index (χ4n) is 3.55. The van der Waals surface area contributed by atoms with Crippen LogP contribution >= 0.6 is 0 Å². The predicted octanol–water partition coefficient (Wildman–Crippen LogP) is 2.75. The lowest BCUT2D eigenvalue weighted by Gasteiger charge is -2.25. The highest BCUT2D eigenvalue weighted by Gasteiger charge is 2.26. The van der Waals surface area contributed by atoms with Crippen LogP contribution in [0.1, 0.15) is 31.9 Å². The maximum Gasteiger partial charge on any atom is 0.193 e. The molecule has 146 valence electrons. The molecule has 1 aliphatic rings. The highest BCUT2D eigenvalue weighted by Crippen LogP contribution is 2.19. The van der Waals surface area contributed by atoms with Gasteiger partial charge in [-0.05, 0) is 43.1 Å². The SMILES string of the molecule is CCN(CC)CC1CCN(C(=NC)NCC(OC)c2ccc(F)cc2)C1. The van der Waals surface area contributed by atoms with Crippen molar-refractivity contribution in [3.05, 3.63) is 35.6 Å². The van der Waals surface area contributed by atoms with Crippen LogP contribution in [-0.2, 0) is 4.74 Å². The molecule has 0 spiro atoms. The van der Waals surface area contributed by atoms with Gasteiger partial charge < -0.3 is 19.9 Å². The first-order chi connectivity index (χ1) is 12.6. The molecular weight excluding hydrogens is 331 g/mol. The van der Waals surface area contributed by atoms with Gasteiger partial charge in [-0.2, -0.15) is 0 Å². The van der Waals surface area contributed by atoms with Gasteiger partial charge in [-0.15, -0.1) is 0 Å². The van der Waals surface area contributed by atoms with Gasteiger partial charge in [-0.3, -0.25) is 4.99 Å². The Bertz CT molecular complexity index is 559. The van der Waals surface area contributed by atoms with Crippen LogP contribution in [0.2, 0.25) is 0 Å². The van der Waals surface area contributed by atoms with Crippen LogP contribution in [-0.4, -0.2) is 69.2 Å². The summed E-state index contributed by atoms with van der Waals surface area (Å²) in [6, 6.07) is 6.47. The number of hydrogen-bond acceptors (Lipinski definition) is 3. The highest BCUT2D eigenvalue weighted by molar-refractivity contribution is 5.80. The first-order valence-electron chi connectivity index (χ1n) is 9.57. The minimum atomic E-state index is -0.233. The van der Waals surface area contributed by atoms with E-state index in [0.29, 0.717) is 12.5 Å². The molecule has 0 radical (unpaired) electrons. The smallest absolute Gasteiger partial charge is 0.193 e. The number of halogens is 1. The van der Waals surface area contributed by atoms with E-state index < -0.39 is 0 Å². The molecule has 0 bridgehead atoms. The minimum Gasteiger partial charge on any atom is -0.375 e. The van der Waals surface area contributed by atoms with Gasteiger partial charge in [-0.25, -0.2) is 4.39 Å². The number of benzene rings is 1. The Morgan fingerprint density at radius 1 is 1.35 bits per heavy atom. The summed E-state index contributed by atoms with van der Waals surface area (Å²) in [5.74, 6) is 1.36. The lowest BCUT2D eigenvalue weighted by molar-refractivity contribution is 0.106. The monoisotopic (exact) mass is 364 g/mol. The standard InChI is InChI=1S/C20H33FN4O/c1-5-24(6-2)14-16-11-12-25(15-16)20(22-3)23-13-19(26-4)17-7-9-18(21)10-8-17/h7-10,16,19H,5-6,11-15H2,1-4H3,(H,22,23). The van der Waals surface area contributed by atoms with Crippen molar-refractivity contribution >= 4 is 5.96 Å². The van der Waals surface area contributed by atoms with Gasteiger partial charge in [-0.1, -0.05) is 26.0 Å². The van der Waals surface area contributed by atoms with E-state index in [-0.39, 0.29) is 11.9 Å². The lowest BCUT2D eigenvalue weighted by atomic mass is 10.1. The first-order valence-corrected chi connectivity index (χ1v) is 9.57. The molecule has 1 N–H and O–H groups in total. The predicted molar refractivity (Wildman–Crippen MR) is 105 cm³/mol. The molecule has 0 amide bonds. The summed E-state index contributed by atoms with van der Waals surface area (Å²) in [5.41, 5.74) is 0.956. The van der Waals surface area contributed by atoms with Crippen molar-refractivity contribution in [2.75, 3.05) is 53.4 Å². The van der Waals surface area contributed by atoms with Crippen LogP contribution < -0.4 is 5.32 Å². The van der Waals surface area contributed by atoms with E-state index in [1.165, 1.54) is 18.6 Å². The van der Waals surface area contributed by atoms with E-state index in [1.807, 2.05) is 7.05 Å². The molecule has 2 atom stereocenters. The summed E-state index contributed by atoms with van der Waals surface area (Å²) < 4.78 is 18.7. The molecule has 0 aromatic heterocycles. The summed E-state index contributed by atoms with van der Waals surface area (Å²) in [5, 5.41) is 3.42. The Hall–Kier alpha value is -1.66. The molecule has 6 heteroatoms. The summed E-state index contributed by atoms with van der Waals surface area (Å²) in [6.07, 6.45) is 1.06. The second-order valence-corrected chi connectivity index (χ2v) is 6.79. The average molecular weight is 365 g/mol. The Balaban J connectivity index is 1.88. The van der Waals surface area contributed by atoms with Crippen LogP contribution in [0, 0.1) is 11.7 Å². The topological polar surface area (TPSA) is 40.1 Å². The second-order valence-electron chi connectivity index (χ2n) is 6.79. The second kappa shape index (κ2) is 10.5. The molecule has 1 fully saturated rings. The Labute approximate surface area is 157 Å². The van der Waals surface area contributed by atoms with Gasteiger partial charge >= 0.3 is 0 Å². The maximum absolute atomic E-state index is 13.1. The zero-order valence-electron chi connectivity index (χ0n) is 16.5. The van der Waals surface area contributed by atoms with Crippen LogP contribution in [0.4, 0.5) is 4.39 Å². The van der Waals surface area contributed by atoms with Crippen molar-refractivity contribution < 1.29 is 9.13 Å². The van der Waals surface area contributed by atoms with E-state index in [0.717, 1.165) is 44.2 Å². The number of guanidine groups is 1. The van der Waals surface area contributed by atoms with Gasteiger partial charge in [0.2, 0.25) is 0 Å². The fourth-order valence-corrected chi connectivity index (χ4v) is 3.55. The summed E-state index contributed by atoms with van der Waals surface area (Å²) >= 11 is 0. The van der Waals surface area contributed by atoms with Crippen molar-refractivity contribution in [3.8, 4) is 0 Å². The van der Waals surface area contributed by atoms with E-state index >= 15 is 0 Å². The quantitative estimate of drug-likeness (QED) is 0.569. The average Bonchev–Trinajstić information content (AvgIpc) is 3.12. The van der Waals surface area contributed by atoms with E-state index in [9.17, 15) is 4.39 Å². The zero-order valence-corrected chi connectivity index (χ0v) is 16.5. The number of ether oxygens (including phenoxy) is 1. The molecule has 5 nitrogen and oxygen atoms in total. The Morgan fingerprint density at radius 2 is 2.04 bits per heavy atom. The van der Waals surface area contributed by atoms with Crippen LogP contribution in [0.5, 0.6) is 0 Å². The fraction of sp³-hybridized carbons (Fsp3) is 0.650.